The molecule has 4 heterocycles. The van der Waals surface area contributed by atoms with Crippen molar-refractivity contribution in [1.82, 2.24) is 19.6 Å². The first-order valence-electron chi connectivity index (χ1n) is 9.34. The molecule has 4 rings (SSSR count). The fourth-order valence-corrected chi connectivity index (χ4v) is 3.67. The molecule has 8 nitrogen and oxygen atoms in total. The van der Waals surface area contributed by atoms with Crippen LogP contribution in [-0.2, 0) is 9.47 Å². The van der Waals surface area contributed by atoms with Crippen LogP contribution >= 0.6 is 0 Å². The molecule has 0 aliphatic carbocycles. The second-order valence-corrected chi connectivity index (χ2v) is 7.27. The Morgan fingerprint density at radius 3 is 2.56 bits per heavy atom. The molecular weight excluding hydrogens is 348 g/mol. The van der Waals surface area contributed by atoms with Gasteiger partial charge in [0.15, 0.2) is 11.5 Å². The summed E-state index contributed by atoms with van der Waals surface area (Å²) in [4.78, 5) is 31.8. The van der Waals surface area contributed by atoms with E-state index in [1.165, 1.54) is 0 Å². The van der Waals surface area contributed by atoms with Gasteiger partial charge in [-0.15, -0.1) is 0 Å². The Hall–Kier alpha value is -2.45. The minimum Gasteiger partial charge on any atom is -0.347 e. The first-order valence-corrected chi connectivity index (χ1v) is 9.34. The fraction of sp³-hybridized carbons (Fsp3) is 0.526. The van der Waals surface area contributed by atoms with Gasteiger partial charge >= 0.3 is 0 Å². The van der Waals surface area contributed by atoms with Crippen LogP contribution < -0.4 is 5.32 Å². The van der Waals surface area contributed by atoms with Gasteiger partial charge in [-0.3, -0.25) is 14.0 Å². The molecule has 27 heavy (non-hydrogen) atoms. The summed E-state index contributed by atoms with van der Waals surface area (Å²) in [5.41, 5.74) is 0.929. The van der Waals surface area contributed by atoms with E-state index in [0.717, 1.165) is 0 Å². The Morgan fingerprint density at radius 2 is 1.89 bits per heavy atom. The van der Waals surface area contributed by atoms with E-state index >= 15 is 0 Å². The lowest BCUT2D eigenvalue weighted by molar-refractivity contribution is -0.181. The van der Waals surface area contributed by atoms with Crippen LogP contribution in [-0.4, -0.2) is 64.2 Å². The molecule has 0 radical (unpaired) electrons. The lowest BCUT2D eigenvalue weighted by atomic mass is 10.0. The SMILES string of the molecule is CC(C)NC(=O)c1nc(C(=O)N2CCC3(CC2)OCCO3)c2ccccn12. The molecule has 2 aliphatic rings. The highest BCUT2D eigenvalue weighted by atomic mass is 16.7. The smallest absolute Gasteiger partial charge is 0.287 e. The molecule has 2 aromatic rings. The number of amides is 2. The number of hydrogen-bond donors (Lipinski definition) is 1. The van der Waals surface area contributed by atoms with Crippen molar-refractivity contribution in [2.75, 3.05) is 26.3 Å². The third-order valence-corrected chi connectivity index (χ3v) is 5.00. The first-order chi connectivity index (χ1) is 13.0. The van der Waals surface area contributed by atoms with Crippen molar-refractivity contribution in [1.29, 1.82) is 0 Å². The molecule has 0 saturated carbocycles. The summed E-state index contributed by atoms with van der Waals surface area (Å²) in [6.07, 6.45) is 3.04. The molecule has 144 valence electrons. The summed E-state index contributed by atoms with van der Waals surface area (Å²) in [5.74, 6) is -0.778. The molecule has 1 N–H and O–H groups in total. The largest absolute Gasteiger partial charge is 0.347 e. The van der Waals surface area contributed by atoms with E-state index < -0.39 is 5.79 Å². The van der Waals surface area contributed by atoms with Crippen LogP contribution in [0.5, 0.6) is 0 Å². The van der Waals surface area contributed by atoms with Crippen molar-refractivity contribution in [2.45, 2.75) is 38.5 Å². The topological polar surface area (TPSA) is 85.2 Å². The maximum Gasteiger partial charge on any atom is 0.287 e. The van der Waals surface area contributed by atoms with Crippen molar-refractivity contribution >= 4 is 17.3 Å². The standard InChI is InChI=1S/C19H24N4O4/c1-13(2)20-17(24)16-21-15(14-5-3-4-8-23(14)16)18(25)22-9-6-19(7-10-22)26-11-12-27-19/h3-5,8,13H,6-7,9-12H2,1-2H3,(H,20,24). The summed E-state index contributed by atoms with van der Waals surface area (Å²) < 4.78 is 13.1. The predicted molar refractivity (Wildman–Crippen MR) is 97.6 cm³/mol. The minimum absolute atomic E-state index is 0.0163. The average molecular weight is 372 g/mol. The number of nitrogens with zero attached hydrogens (tertiary/aromatic N) is 3. The van der Waals surface area contributed by atoms with Crippen LogP contribution in [0.4, 0.5) is 0 Å². The maximum absolute atomic E-state index is 13.1. The summed E-state index contributed by atoms with van der Waals surface area (Å²) >= 11 is 0. The van der Waals surface area contributed by atoms with Crippen molar-refractivity contribution < 1.29 is 19.1 Å². The van der Waals surface area contributed by atoms with Crippen molar-refractivity contribution in [3.63, 3.8) is 0 Å². The van der Waals surface area contributed by atoms with Crippen molar-refractivity contribution in [3.05, 3.63) is 35.9 Å². The van der Waals surface area contributed by atoms with E-state index in [4.69, 9.17) is 9.47 Å². The van der Waals surface area contributed by atoms with Crippen molar-refractivity contribution in [2.24, 2.45) is 0 Å². The molecule has 2 amide bonds. The normalized spacial score (nSPS) is 19.1. The molecular formula is C19H24N4O4. The zero-order chi connectivity index (χ0) is 19.0. The number of hydrogen-bond acceptors (Lipinski definition) is 5. The van der Waals surface area contributed by atoms with E-state index in [0.29, 0.717) is 50.4 Å². The number of likely N-dealkylation sites (tertiary alicyclic amines) is 1. The molecule has 2 saturated heterocycles. The van der Waals surface area contributed by atoms with Gasteiger partial charge in [0.1, 0.15) is 0 Å². The van der Waals surface area contributed by atoms with Gasteiger partial charge in [0.2, 0.25) is 5.82 Å². The summed E-state index contributed by atoms with van der Waals surface area (Å²) in [7, 11) is 0. The fourth-order valence-electron chi connectivity index (χ4n) is 3.67. The number of fused-ring (bicyclic) bond motifs is 1. The van der Waals surface area contributed by atoms with E-state index in [2.05, 4.69) is 10.3 Å². The highest BCUT2D eigenvalue weighted by molar-refractivity contribution is 6.02. The number of aromatic nitrogens is 2. The number of nitrogens with one attached hydrogen (secondary N) is 1. The highest BCUT2D eigenvalue weighted by Gasteiger charge is 2.41. The molecule has 0 aromatic carbocycles. The summed E-state index contributed by atoms with van der Waals surface area (Å²) in [6.45, 7) is 6.06. The number of imidazole rings is 1. The Morgan fingerprint density at radius 1 is 1.19 bits per heavy atom. The second-order valence-electron chi connectivity index (χ2n) is 7.27. The van der Waals surface area contributed by atoms with E-state index in [9.17, 15) is 9.59 Å². The number of carbonyl (C=O) groups is 2. The lowest BCUT2D eigenvalue weighted by Crippen LogP contribution is -2.47. The number of piperidine rings is 1. The van der Waals surface area contributed by atoms with Crippen LogP contribution in [0, 0.1) is 0 Å². The second kappa shape index (κ2) is 6.94. The van der Waals surface area contributed by atoms with Gasteiger partial charge < -0.3 is 19.7 Å². The molecule has 8 heteroatoms. The third-order valence-electron chi connectivity index (χ3n) is 5.00. The van der Waals surface area contributed by atoms with Crippen LogP contribution in [0.3, 0.4) is 0 Å². The highest BCUT2D eigenvalue weighted by Crippen LogP contribution is 2.32. The predicted octanol–water partition coefficient (Wildman–Crippen LogP) is 1.45. The Labute approximate surface area is 157 Å². The van der Waals surface area contributed by atoms with Gasteiger partial charge in [0, 0.05) is 38.2 Å². The number of rotatable bonds is 3. The monoisotopic (exact) mass is 372 g/mol. The van der Waals surface area contributed by atoms with Gasteiger partial charge in [0.25, 0.3) is 11.8 Å². The van der Waals surface area contributed by atoms with Gasteiger partial charge in [-0.25, -0.2) is 4.98 Å². The molecule has 2 aliphatic heterocycles. The molecule has 2 fully saturated rings. The number of pyridine rings is 1. The summed E-state index contributed by atoms with van der Waals surface area (Å²) in [5, 5.41) is 2.84. The van der Waals surface area contributed by atoms with Crippen LogP contribution in [0.15, 0.2) is 24.4 Å². The van der Waals surface area contributed by atoms with E-state index in [-0.39, 0.29) is 23.7 Å². The average Bonchev–Trinajstić information content (AvgIpc) is 3.26. The van der Waals surface area contributed by atoms with E-state index in [1.807, 2.05) is 26.0 Å². The zero-order valence-electron chi connectivity index (χ0n) is 15.6. The zero-order valence-corrected chi connectivity index (χ0v) is 15.6. The number of carbonyl (C=O) groups excluding carboxylic acids is 2. The Balaban J connectivity index is 1.60. The minimum atomic E-state index is -0.532. The van der Waals surface area contributed by atoms with Crippen LogP contribution in [0.25, 0.3) is 5.52 Å². The van der Waals surface area contributed by atoms with Crippen molar-refractivity contribution in [3.8, 4) is 0 Å². The van der Waals surface area contributed by atoms with Gasteiger partial charge in [-0.2, -0.15) is 0 Å². The van der Waals surface area contributed by atoms with Gasteiger partial charge in [-0.1, -0.05) is 6.07 Å². The Bertz CT molecular complexity index is 860. The first kappa shape index (κ1) is 17.9. The lowest BCUT2D eigenvalue weighted by Gasteiger charge is -2.37. The molecule has 0 bridgehead atoms. The molecule has 2 aromatic heterocycles. The molecule has 0 unspecified atom stereocenters. The van der Waals surface area contributed by atoms with Gasteiger partial charge in [-0.05, 0) is 26.0 Å². The third kappa shape index (κ3) is 3.30. The Kier molecular flexibility index (Phi) is 4.61. The molecule has 1 spiro atoms. The maximum atomic E-state index is 13.1. The van der Waals surface area contributed by atoms with Crippen LogP contribution in [0.2, 0.25) is 0 Å². The van der Waals surface area contributed by atoms with Gasteiger partial charge in [0.05, 0.1) is 18.7 Å². The van der Waals surface area contributed by atoms with Crippen LogP contribution in [0.1, 0.15) is 47.8 Å². The molecule has 0 atom stereocenters. The quantitative estimate of drug-likeness (QED) is 0.882. The number of ether oxygens (including phenoxy) is 2. The summed E-state index contributed by atoms with van der Waals surface area (Å²) in [6, 6.07) is 5.44. The van der Waals surface area contributed by atoms with E-state index in [1.54, 1.807) is 21.6 Å².